The van der Waals surface area contributed by atoms with Crippen molar-refractivity contribution in [3.63, 3.8) is 0 Å². The number of alkyl halides is 3. The quantitative estimate of drug-likeness (QED) is 0.102. The van der Waals surface area contributed by atoms with E-state index in [1.54, 1.807) is 24.3 Å². The van der Waals surface area contributed by atoms with Crippen LogP contribution in [0.25, 0.3) is 0 Å². The van der Waals surface area contributed by atoms with Crippen LogP contribution in [0.1, 0.15) is 30.2 Å². The summed E-state index contributed by atoms with van der Waals surface area (Å²) in [5.41, 5.74) is 1.31. The predicted octanol–water partition coefficient (Wildman–Crippen LogP) is 4.44. The van der Waals surface area contributed by atoms with Gasteiger partial charge in [0.25, 0.3) is 0 Å². The number of carbonyl (C=O) groups is 1. The molecular formula is C29H29ClF3N9O5S. The highest BCUT2D eigenvalue weighted by Gasteiger charge is 2.45. The molecule has 0 bridgehead atoms. The molecule has 1 aliphatic carbocycles. The molecule has 2 aromatic carbocycles. The summed E-state index contributed by atoms with van der Waals surface area (Å²) in [5, 5.41) is 22.0. The highest BCUT2D eigenvalue weighted by atomic mass is 35.5. The molecule has 1 fully saturated rings. The number of aliphatic hydroxyl groups excluding tert-OH is 1. The number of aromatic nitrogens is 4. The molecular weight excluding hydrogens is 679 g/mol. The van der Waals surface area contributed by atoms with Gasteiger partial charge in [0.1, 0.15) is 6.23 Å². The predicted molar refractivity (Wildman–Crippen MR) is 170 cm³/mol. The molecule has 0 radical (unpaired) electrons. The minimum atomic E-state index is -4.63. The van der Waals surface area contributed by atoms with Crippen LogP contribution in [-0.4, -0.2) is 64.6 Å². The maximum absolute atomic E-state index is 12.9. The van der Waals surface area contributed by atoms with Gasteiger partial charge in [0.2, 0.25) is 21.9 Å². The van der Waals surface area contributed by atoms with Gasteiger partial charge in [-0.15, -0.1) is 0 Å². The first-order valence-electron chi connectivity index (χ1n) is 14.3. The fourth-order valence-electron chi connectivity index (χ4n) is 4.36. The summed E-state index contributed by atoms with van der Waals surface area (Å²) in [7, 11) is -4.02. The van der Waals surface area contributed by atoms with E-state index in [-0.39, 0.29) is 24.0 Å². The lowest BCUT2D eigenvalue weighted by atomic mass is 10.1. The Hall–Kier alpha value is -4.78. The zero-order chi connectivity index (χ0) is 34.4. The van der Waals surface area contributed by atoms with Crippen LogP contribution in [0.15, 0.2) is 73.1 Å². The lowest BCUT2D eigenvalue weighted by molar-refractivity contribution is -0.154. The molecule has 0 spiro atoms. The highest BCUT2D eigenvalue weighted by molar-refractivity contribution is 7.89. The first kappa shape index (κ1) is 34.6. The van der Waals surface area contributed by atoms with Crippen LogP contribution in [0, 0.1) is 0 Å². The molecule has 2 heterocycles. The number of carbonyl (C=O) groups excluding carboxylic acids is 1. The van der Waals surface area contributed by atoms with Gasteiger partial charge in [0.15, 0.2) is 6.61 Å². The van der Waals surface area contributed by atoms with E-state index in [1.165, 1.54) is 36.7 Å². The van der Waals surface area contributed by atoms with Crippen molar-refractivity contribution in [1.29, 1.82) is 0 Å². The number of halogens is 4. The van der Waals surface area contributed by atoms with Gasteiger partial charge in [-0.1, -0.05) is 35.9 Å². The fourth-order valence-corrected chi connectivity index (χ4v) is 5.45. The second kappa shape index (κ2) is 14.5. The Morgan fingerprint density at radius 1 is 1.00 bits per heavy atom. The number of benzene rings is 2. The smallest absolute Gasteiger partial charge is 0.422 e. The molecule has 254 valence electrons. The summed E-state index contributed by atoms with van der Waals surface area (Å²) in [6, 6.07) is 14.9. The molecule has 6 N–H and O–H groups in total. The van der Waals surface area contributed by atoms with Crippen molar-refractivity contribution in [1.82, 2.24) is 30.0 Å². The monoisotopic (exact) mass is 707 g/mol. The molecule has 5 rings (SSSR count). The van der Waals surface area contributed by atoms with Crippen molar-refractivity contribution in [2.24, 2.45) is 0 Å². The third-order valence-corrected chi connectivity index (χ3v) is 8.40. The molecule has 4 aromatic rings. The summed E-state index contributed by atoms with van der Waals surface area (Å²) < 4.78 is 70.5. The van der Waals surface area contributed by atoms with E-state index in [1.807, 2.05) is 12.1 Å². The van der Waals surface area contributed by atoms with Crippen molar-refractivity contribution < 1.29 is 36.2 Å². The molecule has 48 heavy (non-hydrogen) atoms. The Balaban J connectivity index is 1.20. The number of hydrogen-bond donors (Lipinski definition) is 6. The average Bonchev–Trinajstić information content (AvgIpc) is 3.80. The van der Waals surface area contributed by atoms with Crippen molar-refractivity contribution >= 4 is 50.9 Å². The molecule has 0 aliphatic heterocycles. The molecule has 1 atom stereocenters. The van der Waals surface area contributed by atoms with Gasteiger partial charge in [0, 0.05) is 23.5 Å². The van der Waals surface area contributed by atoms with Crippen LogP contribution in [-0.2, 0) is 15.6 Å². The second-order valence-corrected chi connectivity index (χ2v) is 12.9. The average molecular weight is 708 g/mol. The Bertz CT molecular complexity index is 1820. The Labute approximate surface area is 277 Å². The highest BCUT2D eigenvalue weighted by Crippen LogP contribution is 2.48. The van der Waals surface area contributed by atoms with E-state index >= 15 is 0 Å². The number of ether oxygens (including phenoxy) is 1. The number of anilines is 4. The van der Waals surface area contributed by atoms with Gasteiger partial charge < -0.3 is 31.1 Å². The number of nitrogens with one attached hydrogen (secondary N) is 5. The van der Waals surface area contributed by atoms with E-state index in [0.29, 0.717) is 29.2 Å². The maximum Gasteiger partial charge on any atom is 0.422 e. The number of rotatable bonds is 14. The van der Waals surface area contributed by atoms with E-state index in [4.69, 9.17) is 16.3 Å². The molecule has 0 saturated heterocycles. The number of pyridine rings is 1. The van der Waals surface area contributed by atoms with Gasteiger partial charge in [-0.3, -0.25) is 4.98 Å². The van der Waals surface area contributed by atoms with Crippen molar-refractivity contribution in [2.75, 3.05) is 34.9 Å². The van der Waals surface area contributed by atoms with Crippen molar-refractivity contribution in [3.05, 3.63) is 89.2 Å². The SMILES string of the molecule is O=C(NCCS(=O)(=O)NC(O)c1ccc(Nc2nc(NC3(c4ccc(Cl)cc4)CC3)nc(OCC(F)(F)F)n2)cc1)Nc1cccnc1. The largest absolute Gasteiger partial charge is 0.454 e. The minimum Gasteiger partial charge on any atom is -0.454 e. The van der Waals surface area contributed by atoms with E-state index in [2.05, 4.69) is 45.9 Å². The summed E-state index contributed by atoms with van der Waals surface area (Å²) in [6.07, 6.45) is -1.86. The minimum absolute atomic E-state index is 0.0254. The van der Waals surface area contributed by atoms with Crippen LogP contribution in [0.2, 0.25) is 5.02 Å². The number of amides is 2. The first-order chi connectivity index (χ1) is 22.8. The molecule has 19 heteroatoms. The van der Waals surface area contributed by atoms with Gasteiger partial charge in [-0.05, 0) is 60.4 Å². The fraction of sp³-hybridized carbons (Fsp3) is 0.276. The zero-order valence-corrected chi connectivity index (χ0v) is 26.4. The van der Waals surface area contributed by atoms with Gasteiger partial charge in [0.05, 0.1) is 23.2 Å². The Morgan fingerprint density at radius 2 is 1.71 bits per heavy atom. The number of hydrogen-bond acceptors (Lipinski definition) is 11. The number of urea groups is 1. The van der Waals surface area contributed by atoms with Gasteiger partial charge in [-0.2, -0.15) is 32.8 Å². The third-order valence-electron chi connectivity index (χ3n) is 6.83. The van der Waals surface area contributed by atoms with Crippen LogP contribution in [0.5, 0.6) is 6.01 Å². The van der Waals surface area contributed by atoms with Crippen LogP contribution < -0.4 is 30.7 Å². The normalized spacial score (nSPS) is 14.4. The number of sulfonamides is 1. The lowest BCUT2D eigenvalue weighted by Gasteiger charge is -2.19. The Kier molecular flexibility index (Phi) is 10.5. The van der Waals surface area contributed by atoms with E-state index in [0.717, 1.165) is 5.56 Å². The van der Waals surface area contributed by atoms with Crippen LogP contribution in [0.3, 0.4) is 0 Å². The van der Waals surface area contributed by atoms with Gasteiger partial charge in [-0.25, -0.2) is 13.2 Å². The lowest BCUT2D eigenvalue weighted by Crippen LogP contribution is -2.37. The van der Waals surface area contributed by atoms with Crippen LogP contribution >= 0.6 is 11.6 Å². The molecule has 1 aliphatic rings. The summed E-state index contributed by atoms with van der Waals surface area (Å²) >= 11 is 6.01. The molecule has 14 nitrogen and oxygen atoms in total. The van der Waals surface area contributed by atoms with Crippen molar-refractivity contribution in [2.45, 2.75) is 30.8 Å². The first-order valence-corrected chi connectivity index (χ1v) is 16.3. The maximum atomic E-state index is 12.9. The molecule has 1 unspecified atom stereocenters. The topological polar surface area (TPSA) is 192 Å². The Morgan fingerprint density at radius 3 is 2.35 bits per heavy atom. The van der Waals surface area contributed by atoms with E-state index in [9.17, 15) is 31.5 Å². The van der Waals surface area contributed by atoms with Gasteiger partial charge >= 0.3 is 18.2 Å². The number of nitrogens with zero attached hydrogens (tertiary/aromatic N) is 4. The van der Waals surface area contributed by atoms with Crippen LogP contribution in [0.4, 0.5) is 41.2 Å². The standard InChI is InChI=1S/C29H29ClF3N9O5S/c30-20-7-5-19(6-8-20)28(11-12-28)41-25-38-24(39-27(40-25)47-17-29(31,32)33)36-21-9-3-18(4-10-21)23(43)42-48(45,46)15-14-35-26(44)37-22-2-1-13-34-16-22/h1-10,13,16,23,42-43H,11-12,14-15,17H2,(H2,35,37,44)(H2,36,38,39,40,41). The molecule has 2 aromatic heterocycles. The second-order valence-electron chi connectivity index (χ2n) is 10.6. The third kappa shape index (κ3) is 10.1. The summed E-state index contributed by atoms with van der Waals surface area (Å²) in [6.45, 7) is -1.86. The summed E-state index contributed by atoms with van der Waals surface area (Å²) in [4.78, 5) is 28.1. The molecule has 1 saturated carbocycles. The van der Waals surface area contributed by atoms with Crippen molar-refractivity contribution in [3.8, 4) is 6.01 Å². The summed E-state index contributed by atoms with van der Waals surface area (Å²) in [5.74, 6) is -0.675. The number of aliphatic hydroxyl groups is 1. The zero-order valence-electron chi connectivity index (χ0n) is 24.8. The molecule has 2 amide bonds. The van der Waals surface area contributed by atoms with E-state index < -0.39 is 52.4 Å².